The van der Waals surface area contributed by atoms with Gasteiger partial charge >= 0.3 is 0 Å². The quantitative estimate of drug-likeness (QED) is 0.777. The standard InChI is InChI=1S/C11H15ClFN3O/c1-16-5-2-3-8(16)4-6-17-10-9(13)7-14-11(12)15-10/h7-8H,2-6H2,1H3. The van der Waals surface area contributed by atoms with Gasteiger partial charge in [-0.15, -0.1) is 0 Å². The molecule has 0 N–H and O–H groups in total. The molecule has 1 aromatic heterocycles. The van der Waals surface area contributed by atoms with E-state index in [0.29, 0.717) is 12.6 Å². The predicted octanol–water partition coefficient (Wildman–Crippen LogP) is 2.13. The van der Waals surface area contributed by atoms with Gasteiger partial charge in [-0.3, -0.25) is 0 Å². The van der Waals surface area contributed by atoms with Crippen LogP contribution in [-0.4, -0.2) is 41.1 Å². The number of aromatic nitrogens is 2. The Morgan fingerprint density at radius 3 is 3.18 bits per heavy atom. The number of rotatable bonds is 4. The van der Waals surface area contributed by atoms with Crippen molar-refractivity contribution >= 4 is 11.6 Å². The maximum atomic E-state index is 13.2. The van der Waals surface area contributed by atoms with Crippen molar-refractivity contribution in [2.45, 2.75) is 25.3 Å². The van der Waals surface area contributed by atoms with Crippen molar-refractivity contribution in [1.29, 1.82) is 0 Å². The van der Waals surface area contributed by atoms with Crippen LogP contribution >= 0.6 is 11.6 Å². The van der Waals surface area contributed by atoms with Crippen molar-refractivity contribution in [2.24, 2.45) is 0 Å². The summed E-state index contributed by atoms with van der Waals surface area (Å²) in [5, 5.41) is -0.000570. The highest BCUT2D eigenvalue weighted by Crippen LogP contribution is 2.19. The molecule has 17 heavy (non-hydrogen) atoms. The molecule has 1 aliphatic heterocycles. The minimum Gasteiger partial charge on any atom is -0.475 e. The molecule has 94 valence electrons. The fraction of sp³-hybridized carbons (Fsp3) is 0.636. The molecule has 0 saturated carbocycles. The van der Waals surface area contributed by atoms with Crippen LogP contribution in [0.15, 0.2) is 6.20 Å². The minimum absolute atomic E-state index is 0.000570. The first-order valence-electron chi connectivity index (χ1n) is 5.68. The van der Waals surface area contributed by atoms with Gasteiger partial charge in [-0.2, -0.15) is 9.37 Å². The zero-order valence-corrected chi connectivity index (χ0v) is 10.5. The van der Waals surface area contributed by atoms with E-state index in [2.05, 4.69) is 21.9 Å². The lowest BCUT2D eigenvalue weighted by atomic mass is 10.1. The molecule has 6 heteroatoms. The Bertz CT molecular complexity index is 391. The zero-order valence-electron chi connectivity index (χ0n) is 9.70. The molecular formula is C11H15ClFN3O. The molecule has 2 heterocycles. The van der Waals surface area contributed by atoms with Gasteiger partial charge in [0.15, 0.2) is 0 Å². The fourth-order valence-corrected chi connectivity index (χ4v) is 2.19. The Balaban J connectivity index is 1.83. The molecule has 0 aliphatic carbocycles. The molecule has 1 atom stereocenters. The molecule has 0 bridgehead atoms. The fourth-order valence-electron chi connectivity index (χ4n) is 2.07. The first-order chi connectivity index (χ1) is 8.16. The highest BCUT2D eigenvalue weighted by Gasteiger charge is 2.20. The normalized spacial score (nSPS) is 20.8. The van der Waals surface area contributed by atoms with Gasteiger partial charge in [0.1, 0.15) is 0 Å². The Morgan fingerprint density at radius 2 is 2.47 bits per heavy atom. The van der Waals surface area contributed by atoms with Crippen LogP contribution < -0.4 is 4.74 Å². The van der Waals surface area contributed by atoms with E-state index < -0.39 is 5.82 Å². The van der Waals surface area contributed by atoms with E-state index >= 15 is 0 Å². The average molecular weight is 260 g/mol. The summed E-state index contributed by atoms with van der Waals surface area (Å²) in [6.45, 7) is 1.57. The van der Waals surface area contributed by atoms with Gasteiger partial charge in [0.25, 0.3) is 5.88 Å². The summed E-state index contributed by atoms with van der Waals surface area (Å²) in [5.41, 5.74) is 0. The van der Waals surface area contributed by atoms with Crippen LogP contribution in [0.1, 0.15) is 19.3 Å². The van der Waals surface area contributed by atoms with Gasteiger partial charge in [0.2, 0.25) is 11.1 Å². The lowest BCUT2D eigenvalue weighted by Gasteiger charge is -2.19. The van der Waals surface area contributed by atoms with E-state index in [0.717, 1.165) is 19.2 Å². The molecule has 1 unspecified atom stereocenters. The average Bonchev–Trinajstić information content (AvgIpc) is 2.70. The first kappa shape index (κ1) is 12.5. The molecule has 0 amide bonds. The topological polar surface area (TPSA) is 38.2 Å². The van der Waals surface area contributed by atoms with Gasteiger partial charge in [-0.25, -0.2) is 4.98 Å². The van der Waals surface area contributed by atoms with E-state index in [1.165, 1.54) is 12.8 Å². The maximum absolute atomic E-state index is 13.2. The van der Waals surface area contributed by atoms with E-state index in [1.54, 1.807) is 0 Å². The molecule has 1 aliphatic rings. The van der Waals surface area contributed by atoms with Gasteiger partial charge in [-0.1, -0.05) is 0 Å². The van der Waals surface area contributed by atoms with Crippen molar-refractivity contribution in [3.05, 3.63) is 17.3 Å². The molecule has 2 rings (SSSR count). The van der Waals surface area contributed by atoms with Crippen LogP contribution in [0.4, 0.5) is 4.39 Å². The van der Waals surface area contributed by atoms with Gasteiger partial charge < -0.3 is 9.64 Å². The highest BCUT2D eigenvalue weighted by molar-refractivity contribution is 6.28. The van der Waals surface area contributed by atoms with Crippen LogP contribution in [-0.2, 0) is 0 Å². The number of halogens is 2. The van der Waals surface area contributed by atoms with Gasteiger partial charge in [0, 0.05) is 6.04 Å². The SMILES string of the molecule is CN1CCCC1CCOc1nc(Cl)ncc1F. The third-order valence-corrected chi connectivity index (χ3v) is 3.23. The maximum Gasteiger partial charge on any atom is 0.254 e. The Labute approximate surface area is 105 Å². The number of likely N-dealkylation sites (tertiary alicyclic amines) is 1. The van der Waals surface area contributed by atoms with Crippen LogP contribution in [0, 0.1) is 5.82 Å². The Kier molecular flexibility index (Phi) is 4.12. The molecule has 1 aromatic rings. The van der Waals surface area contributed by atoms with Crippen LogP contribution in [0.2, 0.25) is 5.28 Å². The summed E-state index contributed by atoms with van der Waals surface area (Å²) in [5.74, 6) is -0.639. The van der Waals surface area contributed by atoms with Crippen LogP contribution in [0.3, 0.4) is 0 Å². The van der Waals surface area contributed by atoms with E-state index in [-0.39, 0.29) is 11.2 Å². The van der Waals surface area contributed by atoms with E-state index in [4.69, 9.17) is 16.3 Å². The molecule has 1 fully saturated rings. The molecule has 4 nitrogen and oxygen atoms in total. The van der Waals surface area contributed by atoms with Crippen molar-refractivity contribution < 1.29 is 9.13 Å². The summed E-state index contributed by atoms with van der Waals surface area (Å²) in [6, 6.07) is 0.523. The largest absolute Gasteiger partial charge is 0.475 e. The predicted molar refractivity (Wildman–Crippen MR) is 62.8 cm³/mol. The van der Waals surface area contributed by atoms with Crippen molar-refractivity contribution in [3.8, 4) is 5.88 Å². The van der Waals surface area contributed by atoms with E-state index in [9.17, 15) is 4.39 Å². The van der Waals surface area contributed by atoms with Crippen molar-refractivity contribution in [1.82, 2.24) is 14.9 Å². The number of hydrogen-bond acceptors (Lipinski definition) is 4. The third-order valence-electron chi connectivity index (χ3n) is 3.04. The molecule has 1 saturated heterocycles. The summed E-state index contributed by atoms with van der Waals surface area (Å²) in [7, 11) is 2.10. The molecule has 0 radical (unpaired) electrons. The molecule has 0 spiro atoms. The third kappa shape index (κ3) is 3.26. The zero-order chi connectivity index (χ0) is 12.3. The lowest BCUT2D eigenvalue weighted by molar-refractivity contribution is 0.222. The Hall–Kier alpha value is -0.940. The first-order valence-corrected chi connectivity index (χ1v) is 6.05. The monoisotopic (exact) mass is 259 g/mol. The summed E-state index contributed by atoms with van der Waals surface area (Å²) in [4.78, 5) is 9.53. The van der Waals surface area contributed by atoms with Gasteiger partial charge in [0.05, 0.1) is 12.8 Å². The molecule has 0 aromatic carbocycles. The summed E-state index contributed by atoms with van der Waals surface area (Å²) >= 11 is 5.57. The minimum atomic E-state index is -0.575. The second-order valence-electron chi connectivity index (χ2n) is 4.21. The van der Waals surface area contributed by atoms with Gasteiger partial charge in [-0.05, 0) is 44.5 Å². The number of hydrogen-bond donors (Lipinski definition) is 0. The Morgan fingerprint density at radius 1 is 1.65 bits per heavy atom. The van der Waals surface area contributed by atoms with Crippen LogP contribution in [0.5, 0.6) is 5.88 Å². The number of ether oxygens (including phenoxy) is 1. The second kappa shape index (κ2) is 5.60. The van der Waals surface area contributed by atoms with Crippen molar-refractivity contribution in [3.63, 3.8) is 0 Å². The summed E-state index contributed by atoms with van der Waals surface area (Å²) < 4.78 is 18.5. The highest BCUT2D eigenvalue weighted by atomic mass is 35.5. The van der Waals surface area contributed by atoms with Crippen LogP contribution in [0.25, 0.3) is 0 Å². The molecular weight excluding hydrogens is 245 g/mol. The second-order valence-corrected chi connectivity index (χ2v) is 4.54. The number of nitrogens with zero attached hydrogens (tertiary/aromatic N) is 3. The lowest BCUT2D eigenvalue weighted by Crippen LogP contribution is -2.26. The van der Waals surface area contributed by atoms with Crippen molar-refractivity contribution in [2.75, 3.05) is 20.2 Å². The summed E-state index contributed by atoms with van der Waals surface area (Å²) in [6.07, 6.45) is 4.28. The smallest absolute Gasteiger partial charge is 0.254 e. The van der Waals surface area contributed by atoms with E-state index in [1.807, 2.05) is 0 Å².